The molecule has 2 aromatic carbocycles. The van der Waals surface area contributed by atoms with Crippen LogP contribution >= 0.6 is 23.2 Å². The molecule has 108 valence electrons. The molecule has 2 nitrogen and oxygen atoms in total. The molecule has 7 heteroatoms. The molecule has 0 bridgehead atoms. The van der Waals surface area contributed by atoms with E-state index in [1.807, 2.05) is 0 Å². The van der Waals surface area contributed by atoms with Gasteiger partial charge in [-0.15, -0.1) is 0 Å². The second kappa shape index (κ2) is 5.84. The highest BCUT2D eigenvalue weighted by molar-refractivity contribution is 6.42. The lowest BCUT2D eigenvalue weighted by atomic mass is 10.1. The minimum absolute atomic E-state index is 0.175. The molecule has 1 N–H and O–H groups in total. The van der Waals surface area contributed by atoms with Crippen LogP contribution in [0.15, 0.2) is 18.2 Å². The average molecular weight is 331 g/mol. The molecule has 2 rings (SSSR count). The fraction of sp³-hybridized carbons (Fsp3) is 0.0714. The number of nitrogens with one attached hydrogen (secondary N) is 1. The number of nitriles is 1. The molecule has 0 aliphatic carbocycles. The molecule has 2 aromatic rings. The molecular weight excluding hydrogens is 324 g/mol. The summed E-state index contributed by atoms with van der Waals surface area (Å²) < 4.78 is 41.4. The van der Waals surface area contributed by atoms with Crippen molar-refractivity contribution in [1.29, 1.82) is 5.26 Å². The zero-order valence-electron chi connectivity index (χ0n) is 10.6. The van der Waals surface area contributed by atoms with Gasteiger partial charge in [-0.05, 0) is 25.1 Å². The minimum Gasteiger partial charge on any atom is -0.352 e. The lowest BCUT2D eigenvalue weighted by molar-refractivity contribution is 0.488. The summed E-state index contributed by atoms with van der Waals surface area (Å²) in [6.07, 6.45) is 0. The van der Waals surface area contributed by atoms with Crippen LogP contribution in [0.3, 0.4) is 0 Å². The van der Waals surface area contributed by atoms with Crippen molar-refractivity contribution in [2.75, 3.05) is 5.32 Å². The third kappa shape index (κ3) is 2.78. The average Bonchev–Trinajstić information content (AvgIpc) is 2.46. The first-order valence-corrected chi connectivity index (χ1v) is 6.41. The zero-order chi connectivity index (χ0) is 15.7. The maximum atomic E-state index is 13.9. The Kier molecular flexibility index (Phi) is 4.31. The third-order valence-corrected chi connectivity index (χ3v) is 3.58. The Morgan fingerprint density at radius 2 is 1.71 bits per heavy atom. The van der Waals surface area contributed by atoms with Crippen molar-refractivity contribution in [3.05, 3.63) is 56.8 Å². The van der Waals surface area contributed by atoms with Crippen LogP contribution in [0.5, 0.6) is 0 Å². The molecule has 0 saturated carbocycles. The van der Waals surface area contributed by atoms with Gasteiger partial charge in [-0.3, -0.25) is 0 Å². The second-order valence-corrected chi connectivity index (χ2v) is 5.00. The van der Waals surface area contributed by atoms with Gasteiger partial charge in [-0.2, -0.15) is 5.26 Å². The third-order valence-electron chi connectivity index (χ3n) is 2.84. The summed E-state index contributed by atoms with van der Waals surface area (Å²) in [7, 11) is 0. The first kappa shape index (κ1) is 15.5. The summed E-state index contributed by atoms with van der Waals surface area (Å²) in [4.78, 5) is 0. The number of halogens is 5. The van der Waals surface area contributed by atoms with E-state index in [1.54, 1.807) is 0 Å². The molecule has 0 spiro atoms. The summed E-state index contributed by atoms with van der Waals surface area (Å²) in [6.45, 7) is 1.05. The molecule has 0 atom stereocenters. The Bertz CT molecular complexity index is 770. The Labute approximate surface area is 128 Å². The summed E-state index contributed by atoms with van der Waals surface area (Å²) in [6, 6.07) is 5.73. The van der Waals surface area contributed by atoms with E-state index in [9.17, 15) is 13.2 Å². The number of rotatable bonds is 2. The molecular formula is C14H7Cl2F3N2. The normalized spacial score (nSPS) is 10.3. The molecule has 0 unspecified atom stereocenters. The predicted octanol–water partition coefficient (Wildman–Crippen LogP) is 5.33. The first-order valence-electron chi connectivity index (χ1n) is 5.66. The number of hydrogen-bond donors (Lipinski definition) is 1. The van der Waals surface area contributed by atoms with E-state index in [1.165, 1.54) is 24.3 Å². The molecule has 0 aliphatic heterocycles. The standard InChI is InChI=1S/C14H7Cl2F3N2/c1-6-11(17)8(5-20)14(13(19)12(6)18)21-7-2-3-9(15)10(16)4-7/h2-4,21H,1H3. The van der Waals surface area contributed by atoms with Crippen molar-refractivity contribution in [3.8, 4) is 6.07 Å². The van der Waals surface area contributed by atoms with Gasteiger partial charge in [0.15, 0.2) is 11.6 Å². The van der Waals surface area contributed by atoms with E-state index in [0.29, 0.717) is 0 Å². The molecule has 21 heavy (non-hydrogen) atoms. The van der Waals surface area contributed by atoms with Crippen LogP contribution in [0, 0.1) is 35.7 Å². The topological polar surface area (TPSA) is 35.8 Å². The fourth-order valence-electron chi connectivity index (χ4n) is 1.72. The van der Waals surface area contributed by atoms with Crippen molar-refractivity contribution in [3.63, 3.8) is 0 Å². The Balaban J connectivity index is 2.59. The molecule has 0 aromatic heterocycles. The summed E-state index contributed by atoms with van der Waals surface area (Å²) >= 11 is 11.5. The maximum Gasteiger partial charge on any atom is 0.184 e. The van der Waals surface area contributed by atoms with Crippen molar-refractivity contribution in [1.82, 2.24) is 0 Å². The van der Waals surface area contributed by atoms with Gasteiger partial charge in [0.2, 0.25) is 0 Å². The summed E-state index contributed by atoms with van der Waals surface area (Å²) in [5.41, 5.74) is -1.51. The quantitative estimate of drug-likeness (QED) is 0.755. The largest absolute Gasteiger partial charge is 0.352 e. The number of anilines is 2. The minimum atomic E-state index is -1.35. The van der Waals surface area contributed by atoms with Gasteiger partial charge in [0.05, 0.1) is 15.7 Å². The lowest BCUT2D eigenvalue weighted by Gasteiger charge is -2.13. The lowest BCUT2D eigenvalue weighted by Crippen LogP contribution is -2.05. The van der Waals surface area contributed by atoms with E-state index >= 15 is 0 Å². The van der Waals surface area contributed by atoms with Crippen LogP contribution in [-0.4, -0.2) is 0 Å². The van der Waals surface area contributed by atoms with Crippen molar-refractivity contribution in [2.24, 2.45) is 0 Å². The van der Waals surface area contributed by atoms with Crippen molar-refractivity contribution >= 4 is 34.6 Å². The van der Waals surface area contributed by atoms with Gasteiger partial charge >= 0.3 is 0 Å². The highest BCUT2D eigenvalue weighted by Gasteiger charge is 2.23. The SMILES string of the molecule is Cc1c(F)c(F)c(Nc2ccc(Cl)c(Cl)c2)c(C#N)c1F. The van der Waals surface area contributed by atoms with E-state index in [-0.39, 0.29) is 15.7 Å². The van der Waals surface area contributed by atoms with Gasteiger partial charge < -0.3 is 5.32 Å². The smallest absolute Gasteiger partial charge is 0.184 e. The monoisotopic (exact) mass is 330 g/mol. The predicted molar refractivity (Wildman–Crippen MR) is 75.5 cm³/mol. The highest BCUT2D eigenvalue weighted by atomic mass is 35.5. The van der Waals surface area contributed by atoms with E-state index in [4.69, 9.17) is 28.5 Å². The fourth-order valence-corrected chi connectivity index (χ4v) is 2.02. The highest BCUT2D eigenvalue weighted by Crippen LogP contribution is 2.32. The van der Waals surface area contributed by atoms with Gasteiger partial charge in [0.25, 0.3) is 0 Å². The molecule has 0 fully saturated rings. The maximum absolute atomic E-state index is 13.9. The van der Waals surface area contributed by atoms with E-state index < -0.39 is 34.3 Å². The van der Waals surface area contributed by atoms with Crippen molar-refractivity contribution < 1.29 is 13.2 Å². The van der Waals surface area contributed by atoms with E-state index in [0.717, 1.165) is 6.92 Å². The number of nitrogens with zero attached hydrogens (tertiary/aromatic N) is 1. The Morgan fingerprint density at radius 1 is 1.05 bits per heavy atom. The number of hydrogen-bond acceptors (Lipinski definition) is 2. The molecule has 0 aliphatic rings. The molecule has 0 radical (unpaired) electrons. The van der Waals surface area contributed by atoms with Gasteiger partial charge in [0.1, 0.15) is 17.4 Å². The van der Waals surface area contributed by atoms with Crippen LogP contribution in [0.1, 0.15) is 11.1 Å². The van der Waals surface area contributed by atoms with Crippen molar-refractivity contribution in [2.45, 2.75) is 6.92 Å². The Hall–Kier alpha value is -1.90. The van der Waals surface area contributed by atoms with Gasteiger partial charge in [-0.1, -0.05) is 23.2 Å². The number of benzene rings is 2. The molecule has 0 saturated heterocycles. The van der Waals surface area contributed by atoms with Crippen LogP contribution in [-0.2, 0) is 0 Å². The molecule has 0 heterocycles. The van der Waals surface area contributed by atoms with Gasteiger partial charge in [-0.25, -0.2) is 13.2 Å². The second-order valence-electron chi connectivity index (χ2n) is 4.18. The first-order chi connectivity index (χ1) is 9.86. The van der Waals surface area contributed by atoms with Crippen LogP contribution < -0.4 is 5.32 Å². The summed E-state index contributed by atoms with van der Waals surface area (Å²) in [5.74, 6) is -3.80. The van der Waals surface area contributed by atoms with E-state index in [2.05, 4.69) is 5.32 Å². The van der Waals surface area contributed by atoms with Crippen LogP contribution in [0.25, 0.3) is 0 Å². The summed E-state index contributed by atoms with van der Waals surface area (Å²) in [5, 5.41) is 11.8. The van der Waals surface area contributed by atoms with Crippen LogP contribution in [0.4, 0.5) is 24.5 Å². The zero-order valence-corrected chi connectivity index (χ0v) is 12.1. The van der Waals surface area contributed by atoms with Crippen LogP contribution in [0.2, 0.25) is 10.0 Å². The Morgan fingerprint density at radius 3 is 2.29 bits per heavy atom. The molecule has 0 amide bonds. The van der Waals surface area contributed by atoms with Gasteiger partial charge in [0, 0.05) is 11.3 Å².